The van der Waals surface area contributed by atoms with E-state index in [-0.39, 0.29) is 20.1 Å². The van der Waals surface area contributed by atoms with Crippen molar-refractivity contribution in [2.75, 3.05) is 0 Å². The molecule has 7 aromatic rings. The van der Waals surface area contributed by atoms with Crippen LogP contribution in [0, 0.1) is 44.7 Å². The summed E-state index contributed by atoms with van der Waals surface area (Å²) in [5, 5.41) is 3.63. The number of pyridine rings is 2. The maximum Gasteiger partial charge on any atom is 0.163 e. The predicted octanol–water partition coefficient (Wildman–Crippen LogP) is 12.2. The average molecular weight is 962 g/mol. The van der Waals surface area contributed by atoms with Crippen LogP contribution >= 0.6 is 0 Å². The molecule has 2 aliphatic carbocycles. The van der Waals surface area contributed by atoms with E-state index in [0.717, 1.165) is 85.5 Å². The number of aryl methyl sites for hydroxylation is 3. The first-order chi connectivity index (χ1) is 27.6. The Balaban J connectivity index is 0.000000187. The normalized spacial score (nSPS) is 15.0. The predicted molar refractivity (Wildman–Crippen MR) is 236 cm³/mol. The van der Waals surface area contributed by atoms with Gasteiger partial charge in [0.2, 0.25) is 0 Å². The van der Waals surface area contributed by atoms with E-state index >= 15 is 0 Å². The van der Waals surface area contributed by atoms with Crippen molar-refractivity contribution in [1.29, 1.82) is 0 Å². The van der Waals surface area contributed by atoms with Crippen molar-refractivity contribution in [1.82, 2.24) is 24.9 Å². The van der Waals surface area contributed by atoms with Gasteiger partial charge in [-0.25, -0.2) is 15.0 Å². The van der Waals surface area contributed by atoms with Gasteiger partial charge >= 0.3 is 0 Å². The van der Waals surface area contributed by atoms with E-state index in [0.29, 0.717) is 5.82 Å². The Morgan fingerprint density at radius 3 is 2.12 bits per heavy atom. The minimum Gasteiger partial charge on any atom is -0.476 e. The molecular formula is C50H55IrN5OSi-2. The van der Waals surface area contributed by atoms with Crippen molar-refractivity contribution in [2.24, 2.45) is 11.8 Å². The molecule has 4 heterocycles. The smallest absolute Gasteiger partial charge is 0.163 e. The Morgan fingerprint density at radius 1 is 0.707 bits per heavy atom. The van der Waals surface area contributed by atoms with Crippen LogP contribution in [0.1, 0.15) is 86.1 Å². The standard InChI is InChI=1S/C29H27N4O.C21H28NSi.Ir/c1-17-12-23(29-32-18(2)31-19(3)33-29)15-25-24-9-8-22(16-27(24)34-28(17)25)26-14-21(10-11-30-26)13-20-6-4-5-7-20;1-23(2,3)21-16-22-20(18-12-8-5-9-13-18)15-19(21)14-17-10-6-4-7-11-17;/h9-12,14-16,20H,4-7,13H2,1-3H3;5,8-9,12,15-17H,4,6-7,10-11,14H2,1-3H3;/q2*-1;. The Kier molecular flexibility index (Phi) is 13.2. The summed E-state index contributed by atoms with van der Waals surface area (Å²) < 4.78 is 6.32. The van der Waals surface area contributed by atoms with Gasteiger partial charge in [0.05, 0.1) is 13.7 Å². The van der Waals surface area contributed by atoms with Crippen LogP contribution in [-0.2, 0) is 32.9 Å². The third-order valence-electron chi connectivity index (χ3n) is 11.9. The van der Waals surface area contributed by atoms with Gasteiger partial charge in [-0.05, 0) is 91.2 Å². The number of hydrogen-bond acceptors (Lipinski definition) is 6. The first kappa shape index (κ1) is 41.8. The molecule has 0 aliphatic heterocycles. The largest absolute Gasteiger partial charge is 0.476 e. The van der Waals surface area contributed by atoms with Crippen LogP contribution in [0.2, 0.25) is 19.6 Å². The molecule has 58 heavy (non-hydrogen) atoms. The van der Waals surface area contributed by atoms with Gasteiger partial charge in [-0.15, -0.1) is 53.6 Å². The maximum absolute atomic E-state index is 6.32. The summed E-state index contributed by atoms with van der Waals surface area (Å²) >= 11 is 0. The fourth-order valence-corrected chi connectivity index (χ4v) is 10.6. The second-order valence-electron chi connectivity index (χ2n) is 17.5. The second kappa shape index (κ2) is 18.3. The molecule has 0 amide bonds. The van der Waals surface area contributed by atoms with Gasteiger partial charge in [0, 0.05) is 38.1 Å². The Hall–Kier alpha value is -4.36. The van der Waals surface area contributed by atoms with E-state index in [1.807, 2.05) is 38.2 Å². The molecule has 8 heteroatoms. The van der Waals surface area contributed by atoms with Crippen molar-refractivity contribution in [3.63, 3.8) is 0 Å². The summed E-state index contributed by atoms with van der Waals surface area (Å²) in [5.74, 6) is 3.81. The average Bonchev–Trinajstić information content (AvgIpc) is 3.86. The van der Waals surface area contributed by atoms with Crippen molar-refractivity contribution < 1.29 is 24.5 Å². The zero-order valence-electron chi connectivity index (χ0n) is 34.9. The molecule has 2 aliphatic rings. The molecule has 9 rings (SSSR count). The van der Waals surface area contributed by atoms with Gasteiger partial charge in [-0.2, -0.15) is 0 Å². The van der Waals surface area contributed by atoms with E-state index in [4.69, 9.17) is 9.40 Å². The number of aromatic nitrogens is 5. The molecule has 2 fully saturated rings. The third-order valence-corrected chi connectivity index (χ3v) is 14.0. The molecule has 0 unspecified atom stereocenters. The number of benzene rings is 3. The van der Waals surface area contributed by atoms with Crippen molar-refractivity contribution in [3.05, 3.63) is 120 Å². The van der Waals surface area contributed by atoms with Crippen LogP contribution in [0.3, 0.4) is 0 Å². The summed E-state index contributed by atoms with van der Waals surface area (Å²) in [7, 11) is -1.36. The summed E-state index contributed by atoms with van der Waals surface area (Å²) in [6, 6.07) is 30.0. The van der Waals surface area contributed by atoms with Crippen LogP contribution in [0.5, 0.6) is 0 Å². The summed E-state index contributed by atoms with van der Waals surface area (Å²) in [6.07, 6.45) is 19.0. The van der Waals surface area contributed by atoms with Gasteiger partial charge < -0.3 is 14.4 Å². The monoisotopic (exact) mass is 962 g/mol. The molecule has 301 valence electrons. The van der Waals surface area contributed by atoms with Crippen LogP contribution in [0.15, 0.2) is 83.5 Å². The van der Waals surface area contributed by atoms with E-state index in [1.54, 1.807) is 10.8 Å². The summed E-state index contributed by atoms with van der Waals surface area (Å²) in [4.78, 5) is 22.8. The van der Waals surface area contributed by atoms with Gasteiger partial charge in [-0.3, -0.25) is 0 Å². The molecule has 3 aromatic carbocycles. The molecule has 6 nitrogen and oxygen atoms in total. The van der Waals surface area contributed by atoms with Crippen LogP contribution in [0.4, 0.5) is 0 Å². The molecular weight excluding hydrogens is 907 g/mol. The number of rotatable bonds is 8. The van der Waals surface area contributed by atoms with Crippen LogP contribution in [-0.4, -0.2) is 33.0 Å². The molecule has 1 radical (unpaired) electrons. The number of hydrogen-bond donors (Lipinski definition) is 0. The SMILES string of the molecule is C[Si](C)(C)c1cnc(-c2[c-]cccc2)cc1CC1CCCCC1.Cc1nc(C)nc(-c2cc(C)c3oc4cc(-c5cc(CC6CCCC6)ccn5)[c-]cc4c3c2)n1.[Ir]. The molecule has 0 bridgehead atoms. The summed E-state index contributed by atoms with van der Waals surface area (Å²) in [6.45, 7) is 13.1. The zero-order valence-corrected chi connectivity index (χ0v) is 38.3. The van der Waals surface area contributed by atoms with E-state index in [1.165, 1.54) is 69.8 Å². The van der Waals surface area contributed by atoms with Crippen molar-refractivity contribution >= 4 is 35.2 Å². The van der Waals surface area contributed by atoms with Crippen molar-refractivity contribution in [3.8, 4) is 33.9 Å². The van der Waals surface area contributed by atoms with Gasteiger partial charge in [0.1, 0.15) is 17.2 Å². The second-order valence-corrected chi connectivity index (χ2v) is 22.6. The number of fused-ring (bicyclic) bond motifs is 3. The van der Waals surface area contributed by atoms with Gasteiger partial charge in [0.15, 0.2) is 5.82 Å². The number of furan rings is 1. The van der Waals surface area contributed by atoms with Crippen LogP contribution < -0.4 is 5.19 Å². The van der Waals surface area contributed by atoms with E-state index in [2.05, 4.69) is 113 Å². The quantitative estimate of drug-likeness (QED) is 0.112. The first-order valence-electron chi connectivity index (χ1n) is 21.1. The topological polar surface area (TPSA) is 77.6 Å². The Morgan fingerprint density at radius 2 is 1.41 bits per heavy atom. The van der Waals surface area contributed by atoms with E-state index in [9.17, 15) is 0 Å². The molecule has 4 aromatic heterocycles. The fraction of sp³-hybridized carbons (Fsp3) is 0.380. The molecule has 0 saturated heterocycles. The number of nitrogens with zero attached hydrogens (tertiary/aromatic N) is 5. The van der Waals surface area contributed by atoms with Gasteiger partial charge in [0.25, 0.3) is 0 Å². The van der Waals surface area contributed by atoms with Gasteiger partial charge in [-0.1, -0.05) is 112 Å². The first-order valence-corrected chi connectivity index (χ1v) is 24.6. The van der Waals surface area contributed by atoms with Crippen LogP contribution in [0.25, 0.3) is 55.8 Å². The van der Waals surface area contributed by atoms with Crippen molar-refractivity contribution in [2.45, 2.75) is 111 Å². The molecule has 0 atom stereocenters. The van der Waals surface area contributed by atoms with E-state index < -0.39 is 8.07 Å². The minimum atomic E-state index is -1.36. The Bertz CT molecular complexity index is 2480. The third kappa shape index (κ3) is 9.73. The fourth-order valence-electron chi connectivity index (χ4n) is 9.05. The summed E-state index contributed by atoms with van der Waals surface area (Å²) in [5.41, 5.74) is 10.8. The molecule has 2 saturated carbocycles. The Labute approximate surface area is 359 Å². The maximum atomic E-state index is 6.32. The zero-order chi connectivity index (χ0) is 39.5. The molecule has 0 spiro atoms. The minimum absolute atomic E-state index is 0. The molecule has 0 N–H and O–H groups in total.